The normalized spacial score (nSPS) is 18.2. The summed E-state index contributed by atoms with van der Waals surface area (Å²) in [6.07, 6.45) is -1.85. The monoisotopic (exact) mass is 287 g/mol. The number of rotatable bonds is 4. The fraction of sp³-hybridized carbons (Fsp3) is 0.643. The number of pyridine rings is 1. The van der Waals surface area contributed by atoms with Crippen LogP contribution in [-0.4, -0.2) is 35.7 Å². The highest BCUT2D eigenvalue weighted by Gasteiger charge is 2.40. The predicted octanol–water partition coefficient (Wildman–Crippen LogP) is 3.29. The standard InChI is InChI=1S/C14H20F3N3/c1-2-18-13-4-3-11(9-19-13)10-20-7-5-12(6-8-20)14(15,16)17/h3-4,9,12H,2,5-8,10H2,1H3,(H,18,19). The van der Waals surface area contributed by atoms with E-state index in [4.69, 9.17) is 0 Å². The quantitative estimate of drug-likeness (QED) is 0.921. The van der Waals surface area contributed by atoms with Crippen LogP contribution in [0.4, 0.5) is 19.0 Å². The van der Waals surface area contributed by atoms with Gasteiger partial charge in [0, 0.05) is 19.3 Å². The summed E-state index contributed by atoms with van der Waals surface area (Å²) in [6, 6.07) is 3.88. The Kier molecular flexibility index (Phi) is 4.86. The van der Waals surface area contributed by atoms with Gasteiger partial charge in [-0.3, -0.25) is 4.90 Å². The van der Waals surface area contributed by atoms with Crippen molar-refractivity contribution in [3.63, 3.8) is 0 Å². The molecular formula is C14H20F3N3. The molecule has 2 heterocycles. The van der Waals surface area contributed by atoms with Crippen LogP contribution in [0.25, 0.3) is 0 Å². The van der Waals surface area contributed by atoms with Crippen LogP contribution in [0.3, 0.4) is 0 Å². The van der Waals surface area contributed by atoms with E-state index in [0.717, 1.165) is 17.9 Å². The zero-order valence-electron chi connectivity index (χ0n) is 11.6. The van der Waals surface area contributed by atoms with Crippen molar-refractivity contribution in [2.75, 3.05) is 25.0 Å². The summed E-state index contributed by atoms with van der Waals surface area (Å²) in [5, 5.41) is 3.11. The van der Waals surface area contributed by atoms with Crippen LogP contribution in [-0.2, 0) is 6.54 Å². The summed E-state index contributed by atoms with van der Waals surface area (Å²) in [6.45, 7) is 4.49. The van der Waals surface area contributed by atoms with Crippen molar-refractivity contribution in [2.24, 2.45) is 5.92 Å². The van der Waals surface area contributed by atoms with Crippen molar-refractivity contribution in [3.8, 4) is 0 Å². The minimum Gasteiger partial charge on any atom is -0.370 e. The molecule has 3 nitrogen and oxygen atoms in total. The lowest BCUT2D eigenvalue weighted by Gasteiger charge is -2.32. The number of hydrogen-bond donors (Lipinski definition) is 1. The molecule has 0 aromatic carbocycles. The fourth-order valence-corrected chi connectivity index (χ4v) is 2.48. The highest BCUT2D eigenvalue weighted by atomic mass is 19.4. The number of alkyl halides is 3. The van der Waals surface area contributed by atoms with E-state index in [2.05, 4.69) is 15.2 Å². The molecule has 0 bridgehead atoms. The van der Waals surface area contributed by atoms with E-state index < -0.39 is 12.1 Å². The summed E-state index contributed by atoms with van der Waals surface area (Å²) in [5.41, 5.74) is 1.04. The van der Waals surface area contributed by atoms with Gasteiger partial charge in [0.05, 0.1) is 5.92 Å². The summed E-state index contributed by atoms with van der Waals surface area (Å²) >= 11 is 0. The van der Waals surface area contributed by atoms with Crippen LogP contribution in [0.15, 0.2) is 18.3 Å². The number of piperidine rings is 1. The van der Waals surface area contributed by atoms with Gasteiger partial charge in [0.15, 0.2) is 0 Å². The van der Waals surface area contributed by atoms with Crippen LogP contribution < -0.4 is 5.32 Å². The Morgan fingerprint density at radius 3 is 2.50 bits per heavy atom. The Balaban J connectivity index is 1.83. The van der Waals surface area contributed by atoms with E-state index in [-0.39, 0.29) is 12.8 Å². The average Bonchev–Trinajstić information content (AvgIpc) is 2.41. The fourth-order valence-electron chi connectivity index (χ4n) is 2.48. The van der Waals surface area contributed by atoms with Crippen molar-refractivity contribution >= 4 is 5.82 Å². The van der Waals surface area contributed by atoms with Gasteiger partial charge in [-0.05, 0) is 44.5 Å². The molecule has 1 fully saturated rings. The van der Waals surface area contributed by atoms with E-state index in [1.807, 2.05) is 19.1 Å². The van der Waals surface area contributed by atoms with Crippen LogP contribution >= 0.6 is 0 Å². The molecule has 6 heteroatoms. The zero-order chi connectivity index (χ0) is 14.6. The minimum atomic E-state index is -4.04. The molecular weight excluding hydrogens is 267 g/mol. The molecule has 0 radical (unpaired) electrons. The Morgan fingerprint density at radius 1 is 1.30 bits per heavy atom. The Labute approximate surface area is 117 Å². The number of hydrogen-bond acceptors (Lipinski definition) is 3. The molecule has 0 aliphatic carbocycles. The second-order valence-corrected chi connectivity index (χ2v) is 5.17. The third-order valence-corrected chi connectivity index (χ3v) is 3.64. The molecule has 1 saturated heterocycles. The number of nitrogens with zero attached hydrogens (tertiary/aromatic N) is 2. The molecule has 112 valence electrons. The number of anilines is 1. The number of nitrogens with one attached hydrogen (secondary N) is 1. The van der Waals surface area contributed by atoms with Crippen molar-refractivity contribution in [1.29, 1.82) is 0 Å². The van der Waals surface area contributed by atoms with Gasteiger partial charge >= 0.3 is 6.18 Å². The molecule has 0 atom stereocenters. The lowest BCUT2D eigenvalue weighted by molar-refractivity contribution is -0.185. The first kappa shape index (κ1) is 15.1. The molecule has 1 aromatic heterocycles. The third-order valence-electron chi connectivity index (χ3n) is 3.64. The maximum Gasteiger partial charge on any atom is 0.391 e. The van der Waals surface area contributed by atoms with Gasteiger partial charge in [-0.15, -0.1) is 0 Å². The average molecular weight is 287 g/mol. The first-order valence-electron chi connectivity index (χ1n) is 6.97. The smallest absolute Gasteiger partial charge is 0.370 e. The van der Waals surface area contributed by atoms with E-state index in [9.17, 15) is 13.2 Å². The van der Waals surface area contributed by atoms with E-state index in [1.54, 1.807) is 6.20 Å². The van der Waals surface area contributed by atoms with E-state index >= 15 is 0 Å². The second kappa shape index (κ2) is 6.43. The maximum atomic E-state index is 12.6. The summed E-state index contributed by atoms with van der Waals surface area (Å²) in [7, 11) is 0. The lowest BCUT2D eigenvalue weighted by Crippen LogP contribution is -2.38. The molecule has 1 aliphatic rings. The molecule has 0 amide bonds. The maximum absolute atomic E-state index is 12.6. The minimum absolute atomic E-state index is 0.201. The van der Waals surface area contributed by atoms with Crippen molar-refractivity contribution < 1.29 is 13.2 Å². The molecule has 1 aliphatic heterocycles. The topological polar surface area (TPSA) is 28.2 Å². The lowest BCUT2D eigenvalue weighted by atomic mass is 9.96. The molecule has 20 heavy (non-hydrogen) atoms. The van der Waals surface area contributed by atoms with Gasteiger partial charge in [0.2, 0.25) is 0 Å². The van der Waals surface area contributed by atoms with Crippen molar-refractivity contribution in [3.05, 3.63) is 23.9 Å². The van der Waals surface area contributed by atoms with E-state index in [0.29, 0.717) is 19.6 Å². The zero-order valence-corrected chi connectivity index (χ0v) is 11.6. The molecule has 0 saturated carbocycles. The van der Waals surface area contributed by atoms with E-state index in [1.165, 1.54) is 0 Å². The van der Waals surface area contributed by atoms with Crippen LogP contribution in [0.1, 0.15) is 25.3 Å². The first-order chi connectivity index (χ1) is 9.49. The van der Waals surface area contributed by atoms with Gasteiger partial charge in [-0.25, -0.2) is 4.98 Å². The predicted molar refractivity (Wildman–Crippen MR) is 72.5 cm³/mol. The number of halogens is 3. The number of aromatic nitrogens is 1. The molecule has 1 aromatic rings. The second-order valence-electron chi connectivity index (χ2n) is 5.17. The van der Waals surface area contributed by atoms with Gasteiger partial charge in [-0.2, -0.15) is 13.2 Å². The van der Waals surface area contributed by atoms with Crippen LogP contribution in [0.5, 0.6) is 0 Å². The largest absolute Gasteiger partial charge is 0.391 e. The first-order valence-corrected chi connectivity index (χ1v) is 6.97. The Hall–Kier alpha value is -1.30. The summed E-state index contributed by atoms with van der Waals surface area (Å²) < 4.78 is 37.7. The molecule has 0 unspecified atom stereocenters. The van der Waals surface area contributed by atoms with Gasteiger partial charge < -0.3 is 5.32 Å². The molecule has 1 N–H and O–H groups in total. The summed E-state index contributed by atoms with van der Waals surface area (Å²) in [5.74, 6) is -0.306. The van der Waals surface area contributed by atoms with Crippen molar-refractivity contribution in [1.82, 2.24) is 9.88 Å². The Bertz CT molecular complexity index is 409. The van der Waals surface area contributed by atoms with Gasteiger partial charge in [0.25, 0.3) is 0 Å². The molecule has 2 rings (SSSR count). The van der Waals surface area contributed by atoms with Crippen LogP contribution in [0, 0.1) is 5.92 Å². The SMILES string of the molecule is CCNc1ccc(CN2CCC(C(F)(F)F)CC2)cn1. The molecule has 0 spiro atoms. The van der Waals surface area contributed by atoms with Gasteiger partial charge in [-0.1, -0.05) is 6.07 Å². The van der Waals surface area contributed by atoms with Crippen LogP contribution in [0.2, 0.25) is 0 Å². The van der Waals surface area contributed by atoms with Gasteiger partial charge in [0.1, 0.15) is 5.82 Å². The van der Waals surface area contributed by atoms with Crippen molar-refractivity contribution in [2.45, 2.75) is 32.5 Å². The summed E-state index contributed by atoms with van der Waals surface area (Å²) in [4.78, 5) is 6.33. The third kappa shape index (κ3) is 4.10. The Morgan fingerprint density at radius 2 is 2.00 bits per heavy atom. The highest BCUT2D eigenvalue weighted by Crippen LogP contribution is 2.34. The highest BCUT2D eigenvalue weighted by molar-refractivity contribution is 5.35. The number of likely N-dealkylation sites (tertiary alicyclic amines) is 1.